The van der Waals surface area contributed by atoms with Crippen LogP contribution in [0.5, 0.6) is 5.75 Å². The van der Waals surface area contributed by atoms with Crippen molar-refractivity contribution in [2.45, 2.75) is 6.92 Å². The molecule has 0 saturated heterocycles. The lowest BCUT2D eigenvalue weighted by molar-refractivity contribution is 0.409. The number of aromatic nitrogens is 3. The van der Waals surface area contributed by atoms with Crippen molar-refractivity contribution < 1.29 is 4.74 Å². The molecule has 4 nitrogen and oxygen atoms in total. The summed E-state index contributed by atoms with van der Waals surface area (Å²) >= 11 is 2.23. The summed E-state index contributed by atoms with van der Waals surface area (Å²) in [4.78, 5) is 4.24. The summed E-state index contributed by atoms with van der Waals surface area (Å²) in [5.74, 6) is 0.714. The first-order valence-corrected chi connectivity index (χ1v) is 4.84. The van der Waals surface area contributed by atoms with Crippen molar-refractivity contribution in [1.29, 1.82) is 0 Å². The number of aryl methyl sites for hydroxylation is 1. The van der Waals surface area contributed by atoms with Gasteiger partial charge in [-0.05, 0) is 29.5 Å². The molecule has 0 amide bonds. The molecule has 2 aromatic rings. The number of ether oxygens (including phenoxy) is 1. The molecule has 0 aliphatic carbocycles. The highest BCUT2D eigenvalue weighted by Crippen LogP contribution is 2.17. The highest BCUT2D eigenvalue weighted by atomic mass is 127. The van der Waals surface area contributed by atoms with E-state index in [9.17, 15) is 0 Å². The maximum atomic E-state index is 5.05. The van der Waals surface area contributed by atoms with Crippen molar-refractivity contribution in [2.24, 2.45) is 0 Å². The van der Waals surface area contributed by atoms with E-state index in [1.165, 1.54) is 0 Å². The van der Waals surface area contributed by atoms with Gasteiger partial charge in [0.1, 0.15) is 0 Å². The highest BCUT2D eigenvalue weighted by molar-refractivity contribution is 14.1. The fraction of sp³-hybridized carbons (Fsp3) is 0.250. The van der Waals surface area contributed by atoms with Gasteiger partial charge in [-0.15, -0.1) is 0 Å². The van der Waals surface area contributed by atoms with Crippen molar-refractivity contribution in [2.75, 3.05) is 7.11 Å². The quantitative estimate of drug-likeness (QED) is 0.749. The SMILES string of the molecule is COc1cnc2c(I)c(C)nn2c1. The van der Waals surface area contributed by atoms with Gasteiger partial charge in [-0.25, -0.2) is 9.50 Å². The lowest BCUT2D eigenvalue weighted by Crippen LogP contribution is -1.92. The van der Waals surface area contributed by atoms with Gasteiger partial charge in [-0.3, -0.25) is 0 Å². The molecular weight excluding hydrogens is 281 g/mol. The summed E-state index contributed by atoms with van der Waals surface area (Å²) in [5.41, 5.74) is 1.86. The smallest absolute Gasteiger partial charge is 0.168 e. The molecule has 2 rings (SSSR count). The number of rotatable bonds is 1. The molecule has 2 heterocycles. The van der Waals surface area contributed by atoms with E-state index in [1.807, 2.05) is 13.1 Å². The molecule has 5 heteroatoms. The van der Waals surface area contributed by atoms with Crippen molar-refractivity contribution in [3.63, 3.8) is 0 Å². The first-order valence-electron chi connectivity index (χ1n) is 3.77. The van der Waals surface area contributed by atoms with Crippen LogP contribution < -0.4 is 4.74 Å². The second-order valence-electron chi connectivity index (χ2n) is 2.66. The molecule has 0 aliphatic heterocycles. The van der Waals surface area contributed by atoms with Crippen molar-refractivity contribution in [3.8, 4) is 5.75 Å². The molecule has 0 unspecified atom stereocenters. The van der Waals surface area contributed by atoms with Crippen LogP contribution in [0, 0.1) is 10.5 Å². The Balaban J connectivity index is 2.73. The Labute approximate surface area is 89.1 Å². The van der Waals surface area contributed by atoms with Crippen LogP contribution in [0.4, 0.5) is 0 Å². The average molecular weight is 289 g/mol. The third-order valence-corrected chi connectivity index (χ3v) is 3.05. The number of hydrogen-bond donors (Lipinski definition) is 0. The zero-order valence-corrected chi connectivity index (χ0v) is 9.44. The largest absolute Gasteiger partial charge is 0.494 e. The van der Waals surface area contributed by atoms with Crippen LogP contribution in [0.2, 0.25) is 0 Å². The van der Waals surface area contributed by atoms with Crippen molar-refractivity contribution >= 4 is 28.2 Å². The molecule has 0 fully saturated rings. The zero-order chi connectivity index (χ0) is 9.42. The molecule has 2 aromatic heterocycles. The van der Waals surface area contributed by atoms with Gasteiger partial charge in [-0.1, -0.05) is 0 Å². The van der Waals surface area contributed by atoms with Crippen LogP contribution >= 0.6 is 22.6 Å². The van der Waals surface area contributed by atoms with E-state index in [4.69, 9.17) is 4.74 Å². The topological polar surface area (TPSA) is 39.4 Å². The maximum Gasteiger partial charge on any atom is 0.168 e. The van der Waals surface area contributed by atoms with Gasteiger partial charge in [0.05, 0.1) is 28.8 Å². The lowest BCUT2D eigenvalue weighted by atomic mass is 10.5. The second kappa shape index (κ2) is 3.13. The Bertz CT molecular complexity index is 452. The molecule has 0 aliphatic rings. The number of fused-ring (bicyclic) bond motifs is 1. The molecule has 0 bridgehead atoms. The summed E-state index contributed by atoms with van der Waals surface area (Å²) in [7, 11) is 1.62. The minimum atomic E-state index is 0.714. The van der Waals surface area contributed by atoms with Gasteiger partial charge < -0.3 is 4.74 Å². The molecule has 0 saturated carbocycles. The number of halogens is 1. The minimum absolute atomic E-state index is 0.714. The van der Waals surface area contributed by atoms with Crippen LogP contribution in [0.25, 0.3) is 5.65 Å². The summed E-state index contributed by atoms with van der Waals surface area (Å²) < 4.78 is 7.86. The van der Waals surface area contributed by atoms with E-state index in [1.54, 1.807) is 17.8 Å². The van der Waals surface area contributed by atoms with Gasteiger partial charge >= 0.3 is 0 Å². The Morgan fingerprint density at radius 1 is 1.54 bits per heavy atom. The predicted molar refractivity (Wildman–Crippen MR) is 57.0 cm³/mol. The predicted octanol–water partition coefficient (Wildman–Crippen LogP) is 1.65. The van der Waals surface area contributed by atoms with E-state index >= 15 is 0 Å². The van der Waals surface area contributed by atoms with E-state index in [0.29, 0.717) is 5.75 Å². The first-order chi connectivity index (χ1) is 6.22. The summed E-state index contributed by atoms with van der Waals surface area (Å²) in [6.45, 7) is 1.96. The van der Waals surface area contributed by atoms with Gasteiger partial charge in [0, 0.05) is 0 Å². The number of hydrogen-bond acceptors (Lipinski definition) is 3. The summed E-state index contributed by atoms with van der Waals surface area (Å²) in [6, 6.07) is 0. The van der Waals surface area contributed by atoms with Crippen LogP contribution in [0.3, 0.4) is 0 Å². The molecule has 13 heavy (non-hydrogen) atoms. The maximum absolute atomic E-state index is 5.05. The molecule has 0 aromatic carbocycles. The van der Waals surface area contributed by atoms with Crippen LogP contribution in [-0.2, 0) is 0 Å². The Morgan fingerprint density at radius 3 is 3.00 bits per heavy atom. The molecule has 0 radical (unpaired) electrons. The van der Waals surface area contributed by atoms with Crippen LogP contribution in [0.15, 0.2) is 12.4 Å². The standard InChI is InChI=1S/C8H8IN3O/c1-5-7(9)8-10-3-6(13-2)4-12(8)11-5/h3-4H,1-2H3. The van der Waals surface area contributed by atoms with Crippen LogP contribution in [0.1, 0.15) is 5.69 Å². The normalized spacial score (nSPS) is 10.7. The zero-order valence-electron chi connectivity index (χ0n) is 7.28. The highest BCUT2D eigenvalue weighted by Gasteiger charge is 2.07. The van der Waals surface area contributed by atoms with Gasteiger partial charge in [-0.2, -0.15) is 5.10 Å². The van der Waals surface area contributed by atoms with Gasteiger partial charge in [0.2, 0.25) is 0 Å². The van der Waals surface area contributed by atoms with Crippen molar-refractivity contribution in [1.82, 2.24) is 14.6 Å². The molecular formula is C8H8IN3O. The molecule has 0 spiro atoms. The third kappa shape index (κ3) is 1.37. The molecule has 0 N–H and O–H groups in total. The number of methoxy groups -OCH3 is 1. The Kier molecular flexibility index (Phi) is 2.10. The second-order valence-corrected chi connectivity index (χ2v) is 3.74. The third-order valence-electron chi connectivity index (χ3n) is 1.79. The van der Waals surface area contributed by atoms with E-state index in [2.05, 4.69) is 32.7 Å². The lowest BCUT2D eigenvalue weighted by Gasteiger charge is -1.98. The first kappa shape index (κ1) is 8.74. The summed E-state index contributed by atoms with van der Waals surface area (Å²) in [5, 5.41) is 4.29. The van der Waals surface area contributed by atoms with Gasteiger partial charge in [0.25, 0.3) is 0 Å². The van der Waals surface area contributed by atoms with E-state index < -0.39 is 0 Å². The molecule has 68 valence electrons. The number of nitrogens with zero attached hydrogens (tertiary/aromatic N) is 3. The fourth-order valence-electron chi connectivity index (χ4n) is 1.11. The Hall–Kier alpha value is -0.850. The van der Waals surface area contributed by atoms with Gasteiger partial charge in [0.15, 0.2) is 11.4 Å². The monoisotopic (exact) mass is 289 g/mol. The van der Waals surface area contributed by atoms with Crippen molar-refractivity contribution in [3.05, 3.63) is 21.7 Å². The van der Waals surface area contributed by atoms with E-state index in [-0.39, 0.29) is 0 Å². The summed E-state index contributed by atoms with van der Waals surface area (Å²) in [6.07, 6.45) is 3.51. The Morgan fingerprint density at radius 2 is 2.31 bits per heavy atom. The van der Waals surface area contributed by atoms with E-state index in [0.717, 1.165) is 14.9 Å². The average Bonchev–Trinajstić information content (AvgIpc) is 2.42. The fourth-order valence-corrected chi connectivity index (χ4v) is 1.60. The van der Waals surface area contributed by atoms with Crippen LogP contribution in [-0.4, -0.2) is 21.7 Å². The molecule has 0 atom stereocenters. The minimum Gasteiger partial charge on any atom is -0.494 e.